The van der Waals surface area contributed by atoms with Crippen molar-refractivity contribution in [3.63, 3.8) is 0 Å². The predicted octanol–water partition coefficient (Wildman–Crippen LogP) is 4.32. The molecule has 2 amide bonds. The number of hydrogen-bond donors (Lipinski definition) is 1. The van der Waals surface area contributed by atoms with Crippen molar-refractivity contribution in [2.75, 3.05) is 43.0 Å². The molecule has 2 aliphatic heterocycles. The number of ether oxygens (including phenoxy) is 1. The van der Waals surface area contributed by atoms with Gasteiger partial charge in [0.25, 0.3) is 0 Å². The normalized spacial score (nSPS) is 17.1. The van der Waals surface area contributed by atoms with Crippen LogP contribution in [-0.2, 0) is 9.59 Å². The monoisotopic (exact) mass is 435 g/mol. The van der Waals surface area contributed by atoms with Crippen LogP contribution in [0.5, 0.6) is 5.75 Å². The second kappa shape index (κ2) is 11.0. The summed E-state index contributed by atoms with van der Waals surface area (Å²) in [5, 5.41) is 3.06. The Bertz CT molecular complexity index is 871. The number of carbonyl (C=O) groups excluding carboxylic acids is 2. The fraction of sp³-hybridized carbons (Fsp3) is 0.462. The first-order valence-electron chi connectivity index (χ1n) is 11.8. The van der Waals surface area contributed by atoms with Gasteiger partial charge in [-0.2, -0.15) is 0 Å². The zero-order valence-electron chi connectivity index (χ0n) is 18.7. The second-order valence-corrected chi connectivity index (χ2v) is 8.65. The van der Waals surface area contributed by atoms with Crippen LogP contribution >= 0.6 is 0 Å². The number of benzene rings is 2. The molecular weight excluding hydrogens is 402 g/mol. The molecule has 2 aromatic carbocycles. The highest BCUT2D eigenvalue weighted by atomic mass is 16.5. The van der Waals surface area contributed by atoms with Gasteiger partial charge >= 0.3 is 0 Å². The molecule has 0 spiro atoms. The zero-order valence-corrected chi connectivity index (χ0v) is 18.7. The minimum atomic E-state index is -0.0543. The Morgan fingerprint density at radius 2 is 1.56 bits per heavy atom. The Hall–Kier alpha value is -3.02. The molecule has 0 radical (unpaired) electrons. The maximum atomic E-state index is 12.7. The highest BCUT2D eigenvalue weighted by Gasteiger charge is 2.27. The summed E-state index contributed by atoms with van der Waals surface area (Å²) < 4.78 is 5.63. The summed E-state index contributed by atoms with van der Waals surface area (Å²) in [7, 11) is 0. The number of hydrogen-bond acceptors (Lipinski definition) is 4. The smallest absolute Gasteiger partial charge is 0.227 e. The lowest BCUT2D eigenvalue weighted by Crippen LogP contribution is -2.41. The van der Waals surface area contributed by atoms with Crippen LogP contribution in [0.4, 0.5) is 11.4 Å². The summed E-state index contributed by atoms with van der Waals surface area (Å²) in [6.45, 7) is 3.84. The number of likely N-dealkylation sites (tertiary alicyclic amines) is 1. The van der Waals surface area contributed by atoms with Gasteiger partial charge in [0, 0.05) is 43.5 Å². The largest absolute Gasteiger partial charge is 0.493 e. The number of amides is 2. The Morgan fingerprint density at radius 3 is 2.25 bits per heavy atom. The molecule has 4 rings (SSSR count). The summed E-state index contributed by atoms with van der Waals surface area (Å²) >= 11 is 0. The van der Waals surface area contributed by atoms with E-state index in [1.807, 2.05) is 47.4 Å². The summed E-state index contributed by atoms with van der Waals surface area (Å²) in [6, 6.07) is 17.7. The van der Waals surface area contributed by atoms with E-state index in [1.54, 1.807) is 0 Å². The van der Waals surface area contributed by atoms with E-state index in [4.69, 9.17) is 4.74 Å². The first kappa shape index (κ1) is 22.2. The molecule has 6 heteroatoms. The fourth-order valence-corrected chi connectivity index (χ4v) is 4.47. The minimum absolute atomic E-state index is 0.0511. The van der Waals surface area contributed by atoms with Crippen molar-refractivity contribution < 1.29 is 14.3 Å². The van der Waals surface area contributed by atoms with Gasteiger partial charge in [-0.05, 0) is 68.5 Å². The molecule has 0 bridgehead atoms. The highest BCUT2D eigenvalue weighted by Crippen LogP contribution is 2.24. The third-order valence-electron chi connectivity index (χ3n) is 6.40. The van der Waals surface area contributed by atoms with Gasteiger partial charge in [0.1, 0.15) is 5.75 Å². The Balaban J connectivity index is 1.18. The third-order valence-corrected chi connectivity index (χ3v) is 6.40. The lowest BCUT2D eigenvalue weighted by molar-refractivity contribution is -0.135. The molecule has 0 aliphatic carbocycles. The van der Waals surface area contributed by atoms with E-state index >= 15 is 0 Å². The second-order valence-electron chi connectivity index (χ2n) is 8.65. The van der Waals surface area contributed by atoms with E-state index in [-0.39, 0.29) is 17.7 Å². The van der Waals surface area contributed by atoms with Crippen LogP contribution in [0.25, 0.3) is 0 Å². The molecule has 170 valence electrons. The molecule has 1 N–H and O–H groups in total. The van der Waals surface area contributed by atoms with Crippen molar-refractivity contribution in [2.24, 2.45) is 5.92 Å². The molecule has 0 aromatic heterocycles. The maximum absolute atomic E-state index is 12.7. The average molecular weight is 436 g/mol. The Kier molecular flexibility index (Phi) is 7.64. The minimum Gasteiger partial charge on any atom is -0.493 e. The lowest BCUT2D eigenvalue weighted by Gasteiger charge is -2.31. The number of para-hydroxylation sites is 1. The van der Waals surface area contributed by atoms with Gasteiger partial charge < -0.3 is 19.9 Å². The third kappa shape index (κ3) is 6.02. The Morgan fingerprint density at radius 1 is 0.875 bits per heavy atom. The van der Waals surface area contributed by atoms with Crippen molar-refractivity contribution in [3.8, 4) is 5.75 Å². The molecule has 2 fully saturated rings. The molecule has 6 nitrogen and oxygen atoms in total. The van der Waals surface area contributed by atoms with E-state index in [9.17, 15) is 9.59 Å². The van der Waals surface area contributed by atoms with Crippen molar-refractivity contribution in [1.82, 2.24) is 4.90 Å². The molecule has 2 heterocycles. The van der Waals surface area contributed by atoms with Crippen LogP contribution in [-0.4, -0.2) is 49.5 Å². The van der Waals surface area contributed by atoms with E-state index in [0.717, 1.165) is 24.5 Å². The van der Waals surface area contributed by atoms with Gasteiger partial charge in [-0.25, -0.2) is 0 Å². The molecule has 0 atom stereocenters. The van der Waals surface area contributed by atoms with E-state index < -0.39 is 0 Å². The van der Waals surface area contributed by atoms with Crippen LogP contribution in [0.3, 0.4) is 0 Å². The van der Waals surface area contributed by atoms with Gasteiger partial charge in [-0.1, -0.05) is 18.2 Å². The standard InChI is InChI=1S/C26H33N3O3/c30-25(15-20-32-24-7-3-1-4-8-24)29-18-13-21(14-19-29)26(31)27-22-9-11-23(12-10-22)28-16-5-2-6-17-28/h1,3-4,7-12,21H,2,5-6,13-20H2,(H,27,31). The van der Waals surface area contributed by atoms with Gasteiger partial charge in [-0.3, -0.25) is 9.59 Å². The number of anilines is 2. The predicted molar refractivity (Wildman–Crippen MR) is 127 cm³/mol. The van der Waals surface area contributed by atoms with Crippen molar-refractivity contribution in [1.29, 1.82) is 0 Å². The average Bonchev–Trinajstić information content (AvgIpc) is 2.86. The van der Waals surface area contributed by atoms with Gasteiger partial charge in [0.05, 0.1) is 13.0 Å². The molecule has 32 heavy (non-hydrogen) atoms. The van der Waals surface area contributed by atoms with Crippen LogP contribution in [0.2, 0.25) is 0 Å². The topological polar surface area (TPSA) is 61.9 Å². The zero-order chi connectivity index (χ0) is 22.2. The summed E-state index contributed by atoms with van der Waals surface area (Å²) in [6.07, 6.45) is 5.57. The van der Waals surface area contributed by atoms with Crippen LogP contribution in [0.1, 0.15) is 38.5 Å². The summed E-state index contributed by atoms with van der Waals surface area (Å²) in [5.74, 6) is 0.865. The number of piperidine rings is 2. The van der Waals surface area contributed by atoms with Crippen LogP contribution in [0.15, 0.2) is 54.6 Å². The SMILES string of the molecule is O=C(Nc1ccc(N2CCCCC2)cc1)C1CCN(C(=O)CCOc2ccccc2)CC1. The molecule has 2 aliphatic rings. The van der Waals surface area contributed by atoms with Crippen LogP contribution < -0.4 is 15.0 Å². The van der Waals surface area contributed by atoms with Crippen molar-refractivity contribution in [2.45, 2.75) is 38.5 Å². The van der Waals surface area contributed by atoms with Gasteiger partial charge in [-0.15, -0.1) is 0 Å². The number of carbonyl (C=O) groups is 2. The molecule has 0 saturated carbocycles. The van der Waals surface area contributed by atoms with E-state index in [0.29, 0.717) is 39.0 Å². The molecule has 2 aromatic rings. The van der Waals surface area contributed by atoms with Crippen molar-refractivity contribution >= 4 is 23.2 Å². The van der Waals surface area contributed by atoms with Crippen molar-refractivity contribution in [3.05, 3.63) is 54.6 Å². The van der Waals surface area contributed by atoms with Gasteiger partial charge in [0.2, 0.25) is 11.8 Å². The highest BCUT2D eigenvalue weighted by molar-refractivity contribution is 5.93. The van der Waals surface area contributed by atoms with E-state index in [1.165, 1.54) is 24.9 Å². The Labute approximate surface area is 190 Å². The quantitative estimate of drug-likeness (QED) is 0.704. The number of nitrogens with one attached hydrogen (secondary N) is 1. The number of nitrogens with zero attached hydrogens (tertiary/aromatic N) is 2. The van der Waals surface area contributed by atoms with Crippen LogP contribution in [0, 0.1) is 5.92 Å². The molecule has 2 saturated heterocycles. The first-order chi connectivity index (χ1) is 15.7. The number of rotatable bonds is 7. The van der Waals surface area contributed by atoms with E-state index in [2.05, 4.69) is 22.3 Å². The maximum Gasteiger partial charge on any atom is 0.227 e. The molecular formula is C26H33N3O3. The fourth-order valence-electron chi connectivity index (χ4n) is 4.47. The summed E-state index contributed by atoms with van der Waals surface area (Å²) in [5.41, 5.74) is 2.07. The van der Waals surface area contributed by atoms with Gasteiger partial charge in [0.15, 0.2) is 0 Å². The first-order valence-corrected chi connectivity index (χ1v) is 11.8. The lowest BCUT2D eigenvalue weighted by atomic mass is 9.95. The summed E-state index contributed by atoms with van der Waals surface area (Å²) in [4.78, 5) is 29.4. The molecule has 0 unspecified atom stereocenters.